The van der Waals surface area contributed by atoms with Crippen molar-refractivity contribution in [2.75, 3.05) is 25.0 Å². The summed E-state index contributed by atoms with van der Waals surface area (Å²) >= 11 is 0. The third-order valence-corrected chi connectivity index (χ3v) is 3.23. The molecule has 0 aliphatic carbocycles. The van der Waals surface area contributed by atoms with Crippen LogP contribution in [0.3, 0.4) is 0 Å². The third kappa shape index (κ3) is 5.45. The molecule has 0 heterocycles. The number of hydrogen-bond donors (Lipinski definition) is 2. The molecule has 2 N–H and O–H groups in total. The zero-order chi connectivity index (χ0) is 15.7. The minimum atomic E-state index is -0.240. The molecule has 5 nitrogen and oxygen atoms in total. The molecule has 1 aromatic carbocycles. The summed E-state index contributed by atoms with van der Waals surface area (Å²) in [4.78, 5) is 25.7. The fourth-order valence-electron chi connectivity index (χ4n) is 1.98. The Bertz CT molecular complexity index is 470. The van der Waals surface area contributed by atoms with Crippen molar-refractivity contribution in [3.8, 4) is 0 Å². The number of amides is 3. The fraction of sp³-hybridized carbons (Fsp3) is 0.500. The van der Waals surface area contributed by atoms with Crippen molar-refractivity contribution < 1.29 is 9.59 Å². The maximum absolute atomic E-state index is 12.3. The average Bonchev–Trinajstić information content (AvgIpc) is 2.49. The molecule has 1 aromatic rings. The maximum Gasteiger partial charge on any atom is 0.319 e. The number of carbonyl (C=O) groups excluding carboxylic acids is 2. The molecule has 0 atom stereocenters. The van der Waals surface area contributed by atoms with Gasteiger partial charge in [-0.15, -0.1) is 0 Å². The first kappa shape index (κ1) is 17.0. The van der Waals surface area contributed by atoms with Gasteiger partial charge in [0.25, 0.3) is 5.91 Å². The second-order valence-electron chi connectivity index (χ2n) is 4.79. The quantitative estimate of drug-likeness (QED) is 0.758. The zero-order valence-corrected chi connectivity index (χ0v) is 13.1. The van der Waals surface area contributed by atoms with E-state index >= 15 is 0 Å². The summed E-state index contributed by atoms with van der Waals surface area (Å²) in [7, 11) is 0. The summed E-state index contributed by atoms with van der Waals surface area (Å²) in [6.45, 7) is 7.96. The number of unbranched alkanes of at least 4 members (excludes halogenated alkanes) is 1. The number of nitrogens with one attached hydrogen (secondary N) is 2. The van der Waals surface area contributed by atoms with E-state index in [-0.39, 0.29) is 11.9 Å². The first-order valence-corrected chi connectivity index (χ1v) is 7.56. The molecule has 116 valence electrons. The van der Waals surface area contributed by atoms with Gasteiger partial charge in [0.15, 0.2) is 0 Å². The molecule has 0 unspecified atom stereocenters. The van der Waals surface area contributed by atoms with E-state index in [0.717, 1.165) is 12.8 Å². The molecule has 5 heteroatoms. The fourth-order valence-corrected chi connectivity index (χ4v) is 1.98. The second kappa shape index (κ2) is 9.00. The topological polar surface area (TPSA) is 61.4 Å². The van der Waals surface area contributed by atoms with Gasteiger partial charge < -0.3 is 15.5 Å². The largest absolute Gasteiger partial charge is 0.339 e. The Hall–Kier alpha value is -2.04. The zero-order valence-electron chi connectivity index (χ0n) is 13.1. The Labute approximate surface area is 126 Å². The molecule has 1 rings (SSSR count). The molecule has 0 bridgehead atoms. The van der Waals surface area contributed by atoms with Crippen LogP contribution in [0.25, 0.3) is 0 Å². The van der Waals surface area contributed by atoms with E-state index in [2.05, 4.69) is 17.6 Å². The van der Waals surface area contributed by atoms with Crippen molar-refractivity contribution in [1.29, 1.82) is 0 Å². The monoisotopic (exact) mass is 291 g/mol. The molecule has 0 saturated heterocycles. The van der Waals surface area contributed by atoms with Crippen molar-refractivity contribution >= 4 is 17.6 Å². The minimum absolute atomic E-state index is 0.0185. The first-order chi connectivity index (χ1) is 10.1. The van der Waals surface area contributed by atoms with Crippen LogP contribution in [0, 0.1) is 0 Å². The molecule has 0 aromatic heterocycles. The molecule has 0 radical (unpaired) electrons. The summed E-state index contributed by atoms with van der Waals surface area (Å²) < 4.78 is 0. The van der Waals surface area contributed by atoms with Crippen LogP contribution in [0.5, 0.6) is 0 Å². The van der Waals surface area contributed by atoms with Crippen molar-refractivity contribution in [1.82, 2.24) is 10.2 Å². The summed E-state index contributed by atoms with van der Waals surface area (Å²) in [6, 6.07) is 6.79. The number of hydrogen-bond acceptors (Lipinski definition) is 2. The highest BCUT2D eigenvalue weighted by atomic mass is 16.2. The van der Waals surface area contributed by atoms with Crippen LogP contribution in [0.4, 0.5) is 10.5 Å². The van der Waals surface area contributed by atoms with Crippen LogP contribution >= 0.6 is 0 Å². The van der Waals surface area contributed by atoms with Gasteiger partial charge >= 0.3 is 6.03 Å². The Morgan fingerprint density at radius 1 is 1.14 bits per heavy atom. The lowest BCUT2D eigenvalue weighted by atomic mass is 10.1. The van der Waals surface area contributed by atoms with Gasteiger partial charge in [0.2, 0.25) is 0 Å². The number of carbonyl (C=O) groups is 2. The molecule has 0 saturated carbocycles. The Balaban J connectivity index is 2.68. The first-order valence-electron chi connectivity index (χ1n) is 7.56. The van der Waals surface area contributed by atoms with E-state index in [4.69, 9.17) is 0 Å². The van der Waals surface area contributed by atoms with Crippen LogP contribution in [0.2, 0.25) is 0 Å². The van der Waals surface area contributed by atoms with Crippen molar-refractivity contribution in [2.45, 2.75) is 33.6 Å². The predicted molar refractivity (Wildman–Crippen MR) is 85.6 cm³/mol. The molecule has 0 aliphatic heterocycles. The highest BCUT2D eigenvalue weighted by Crippen LogP contribution is 2.12. The van der Waals surface area contributed by atoms with Crippen LogP contribution in [0.1, 0.15) is 44.0 Å². The number of rotatable bonds is 7. The van der Waals surface area contributed by atoms with Gasteiger partial charge in [-0.1, -0.05) is 19.4 Å². The standard InChI is InChI=1S/C16H25N3O2/c1-4-7-11-17-16(21)18-14-10-8-9-13(12-14)15(20)19(5-2)6-3/h8-10,12H,4-7,11H2,1-3H3,(H2,17,18,21). The predicted octanol–water partition coefficient (Wildman–Crippen LogP) is 3.09. The molecular weight excluding hydrogens is 266 g/mol. The molecule has 21 heavy (non-hydrogen) atoms. The van der Waals surface area contributed by atoms with Gasteiger partial charge in [-0.3, -0.25) is 4.79 Å². The van der Waals surface area contributed by atoms with E-state index in [1.165, 1.54) is 0 Å². The van der Waals surface area contributed by atoms with Gasteiger partial charge in [0.05, 0.1) is 0 Å². The van der Waals surface area contributed by atoms with Gasteiger partial charge in [-0.05, 0) is 38.5 Å². The maximum atomic E-state index is 12.3. The molecule has 0 aliphatic rings. The number of urea groups is 1. The summed E-state index contributed by atoms with van der Waals surface area (Å²) in [5.41, 5.74) is 1.21. The Morgan fingerprint density at radius 3 is 2.48 bits per heavy atom. The molecular formula is C16H25N3O2. The third-order valence-electron chi connectivity index (χ3n) is 3.23. The van der Waals surface area contributed by atoms with Crippen molar-refractivity contribution in [3.63, 3.8) is 0 Å². The number of nitrogens with zero attached hydrogens (tertiary/aromatic N) is 1. The highest BCUT2D eigenvalue weighted by molar-refractivity contribution is 5.96. The van der Waals surface area contributed by atoms with E-state index in [0.29, 0.717) is 30.9 Å². The average molecular weight is 291 g/mol. The van der Waals surface area contributed by atoms with Crippen molar-refractivity contribution in [3.05, 3.63) is 29.8 Å². The van der Waals surface area contributed by atoms with E-state index in [1.54, 1.807) is 29.2 Å². The molecule has 0 fully saturated rings. The smallest absolute Gasteiger partial charge is 0.319 e. The second-order valence-corrected chi connectivity index (χ2v) is 4.79. The van der Waals surface area contributed by atoms with E-state index in [9.17, 15) is 9.59 Å². The van der Waals surface area contributed by atoms with E-state index in [1.807, 2.05) is 13.8 Å². The van der Waals surface area contributed by atoms with Gasteiger partial charge in [-0.25, -0.2) is 4.79 Å². The van der Waals surface area contributed by atoms with E-state index < -0.39 is 0 Å². The summed E-state index contributed by atoms with van der Waals surface area (Å²) in [5, 5.41) is 5.53. The van der Waals surface area contributed by atoms with Gasteiger partial charge in [0, 0.05) is 30.9 Å². The summed E-state index contributed by atoms with van der Waals surface area (Å²) in [6.07, 6.45) is 1.99. The molecule has 3 amide bonds. The minimum Gasteiger partial charge on any atom is -0.339 e. The molecule has 0 spiro atoms. The normalized spacial score (nSPS) is 10.0. The van der Waals surface area contributed by atoms with Crippen LogP contribution in [0.15, 0.2) is 24.3 Å². The van der Waals surface area contributed by atoms with Crippen LogP contribution in [-0.4, -0.2) is 36.5 Å². The Kier molecular flexibility index (Phi) is 7.29. The lowest BCUT2D eigenvalue weighted by Crippen LogP contribution is -2.31. The van der Waals surface area contributed by atoms with Gasteiger partial charge in [0.1, 0.15) is 0 Å². The Morgan fingerprint density at radius 2 is 1.86 bits per heavy atom. The lowest BCUT2D eigenvalue weighted by molar-refractivity contribution is 0.0773. The SMILES string of the molecule is CCCCNC(=O)Nc1cccc(C(=O)N(CC)CC)c1. The van der Waals surface area contributed by atoms with Gasteiger partial charge in [-0.2, -0.15) is 0 Å². The summed E-state index contributed by atoms with van der Waals surface area (Å²) in [5.74, 6) is -0.0185. The van der Waals surface area contributed by atoms with Crippen LogP contribution < -0.4 is 10.6 Å². The van der Waals surface area contributed by atoms with Crippen LogP contribution in [-0.2, 0) is 0 Å². The number of anilines is 1. The lowest BCUT2D eigenvalue weighted by Gasteiger charge is -2.19. The number of benzene rings is 1. The van der Waals surface area contributed by atoms with Crippen molar-refractivity contribution in [2.24, 2.45) is 0 Å². The highest BCUT2D eigenvalue weighted by Gasteiger charge is 2.13.